The Morgan fingerprint density at radius 2 is 1.69 bits per heavy atom. The van der Waals surface area contributed by atoms with Gasteiger partial charge in [-0.25, -0.2) is 0 Å². The summed E-state index contributed by atoms with van der Waals surface area (Å²) in [4.78, 5) is 16.3. The first-order valence-corrected chi connectivity index (χ1v) is 9.67. The van der Waals surface area contributed by atoms with E-state index in [4.69, 9.17) is 11.6 Å². The Labute approximate surface area is 171 Å². The molecular formula is C21H20ClF3N2O2. The van der Waals surface area contributed by atoms with Gasteiger partial charge in [0.25, 0.3) is 0 Å². The summed E-state index contributed by atoms with van der Waals surface area (Å²) < 4.78 is 41.8. The van der Waals surface area contributed by atoms with Gasteiger partial charge in [0, 0.05) is 48.7 Å². The zero-order valence-corrected chi connectivity index (χ0v) is 16.3. The van der Waals surface area contributed by atoms with Crippen LogP contribution in [0, 0.1) is 5.41 Å². The normalized spacial score (nSPS) is 18.3. The highest BCUT2D eigenvalue weighted by atomic mass is 35.5. The molecule has 154 valence electrons. The van der Waals surface area contributed by atoms with Crippen molar-refractivity contribution in [3.8, 4) is 5.75 Å². The Bertz CT molecular complexity index is 888. The molecule has 2 aromatic rings. The van der Waals surface area contributed by atoms with Crippen LogP contribution >= 0.6 is 11.6 Å². The lowest BCUT2D eigenvalue weighted by Gasteiger charge is -2.60. The first-order valence-electron chi connectivity index (χ1n) is 9.30. The molecule has 2 fully saturated rings. The van der Waals surface area contributed by atoms with Crippen LogP contribution in [0.1, 0.15) is 11.1 Å². The van der Waals surface area contributed by atoms with E-state index in [1.54, 1.807) is 24.3 Å². The number of ether oxygens (including phenoxy) is 1. The van der Waals surface area contributed by atoms with Crippen molar-refractivity contribution in [2.45, 2.75) is 19.3 Å². The van der Waals surface area contributed by atoms with E-state index in [0.29, 0.717) is 36.6 Å². The second kappa shape index (κ2) is 7.54. The number of nitrogens with zero attached hydrogens (tertiary/aromatic N) is 2. The molecule has 0 N–H and O–H groups in total. The molecule has 1 spiro atoms. The van der Waals surface area contributed by atoms with E-state index in [1.165, 1.54) is 12.1 Å². The van der Waals surface area contributed by atoms with Crippen LogP contribution < -0.4 is 4.74 Å². The number of carbonyl (C=O) groups excluding carboxylic acids is 1. The van der Waals surface area contributed by atoms with Crippen LogP contribution in [0.25, 0.3) is 0 Å². The number of hydrogen-bond donors (Lipinski definition) is 0. The molecule has 4 nitrogen and oxygen atoms in total. The predicted molar refractivity (Wildman–Crippen MR) is 103 cm³/mol. The predicted octanol–water partition coefficient (Wildman–Crippen LogP) is 4.13. The summed E-state index contributed by atoms with van der Waals surface area (Å²) in [6.45, 7) is 3.30. The Morgan fingerprint density at radius 1 is 1.03 bits per heavy atom. The molecule has 2 aromatic carbocycles. The molecule has 0 aliphatic carbocycles. The van der Waals surface area contributed by atoms with Crippen LogP contribution in [0.4, 0.5) is 13.2 Å². The number of alkyl halides is 3. The fraction of sp³-hybridized carbons (Fsp3) is 0.381. The van der Waals surface area contributed by atoms with Gasteiger partial charge in [-0.1, -0.05) is 41.9 Å². The van der Waals surface area contributed by atoms with Gasteiger partial charge >= 0.3 is 6.36 Å². The second-order valence-corrected chi connectivity index (χ2v) is 8.29. The van der Waals surface area contributed by atoms with Crippen molar-refractivity contribution in [3.63, 3.8) is 0 Å². The van der Waals surface area contributed by atoms with Gasteiger partial charge in [-0.3, -0.25) is 9.69 Å². The summed E-state index contributed by atoms with van der Waals surface area (Å²) in [5.74, 6) is -0.0744. The number of halogens is 4. The molecule has 4 rings (SSSR count). The maximum absolute atomic E-state index is 12.6. The molecule has 8 heteroatoms. The molecule has 0 radical (unpaired) electrons. The summed E-state index contributed by atoms with van der Waals surface area (Å²) in [6.07, 6.45) is -4.36. The molecular weight excluding hydrogens is 405 g/mol. The van der Waals surface area contributed by atoms with Crippen LogP contribution in [0.2, 0.25) is 5.02 Å². The zero-order chi connectivity index (χ0) is 20.6. The van der Waals surface area contributed by atoms with Crippen molar-refractivity contribution in [3.05, 3.63) is 64.7 Å². The molecule has 2 aliphatic rings. The van der Waals surface area contributed by atoms with Crippen LogP contribution in [-0.2, 0) is 17.8 Å². The molecule has 0 bridgehead atoms. The van der Waals surface area contributed by atoms with Crippen LogP contribution in [0.5, 0.6) is 5.75 Å². The van der Waals surface area contributed by atoms with Gasteiger partial charge in [0.05, 0.1) is 6.42 Å². The highest BCUT2D eigenvalue weighted by Gasteiger charge is 2.52. The van der Waals surface area contributed by atoms with E-state index >= 15 is 0 Å². The topological polar surface area (TPSA) is 32.8 Å². The van der Waals surface area contributed by atoms with Gasteiger partial charge in [0.15, 0.2) is 0 Å². The van der Waals surface area contributed by atoms with E-state index in [2.05, 4.69) is 9.64 Å². The summed E-state index contributed by atoms with van der Waals surface area (Å²) in [6, 6.07) is 13.4. The molecule has 2 saturated heterocycles. The van der Waals surface area contributed by atoms with E-state index in [-0.39, 0.29) is 17.1 Å². The second-order valence-electron chi connectivity index (χ2n) is 7.85. The molecule has 0 saturated carbocycles. The highest BCUT2D eigenvalue weighted by Crippen LogP contribution is 2.41. The van der Waals surface area contributed by atoms with E-state index in [0.717, 1.165) is 18.7 Å². The number of rotatable bonds is 5. The van der Waals surface area contributed by atoms with Gasteiger partial charge in [0.2, 0.25) is 5.91 Å². The number of likely N-dealkylation sites (tertiary alicyclic amines) is 2. The molecule has 2 heterocycles. The minimum atomic E-state index is -4.70. The minimum Gasteiger partial charge on any atom is -0.405 e. The summed E-state index contributed by atoms with van der Waals surface area (Å²) >= 11 is 5.86. The fourth-order valence-corrected chi connectivity index (χ4v) is 4.27. The molecule has 2 aliphatic heterocycles. The Kier molecular flexibility index (Phi) is 5.21. The number of carbonyl (C=O) groups is 1. The van der Waals surface area contributed by atoms with Gasteiger partial charge in [0.1, 0.15) is 5.75 Å². The van der Waals surface area contributed by atoms with Crippen molar-refractivity contribution in [1.82, 2.24) is 9.80 Å². The van der Waals surface area contributed by atoms with Crippen molar-refractivity contribution in [1.29, 1.82) is 0 Å². The van der Waals surface area contributed by atoms with E-state index in [1.807, 2.05) is 17.0 Å². The number of hydrogen-bond acceptors (Lipinski definition) is 3. The van der Waals surface area contributed by atoms with Crippen molar-refractivity contribution in [2.75, 3.05) is 26.2 Å². The molecule has 0 atom stereocenters. The molecule has 0 unspecified atom stereocenters. The zero-order valence-electron chi connectivity index (χ0n) is 15.6. The average Bonchev–Trinajstić information content (AvgIpc) is 2.58. The summed E-state index contributed by atoms with van der Waals surface area (Å²) in [7, 11) is 0. The lowest BCUT2D eigenvalue weighted by atomic mass is 9.72. The smallest absolute Gasteiger partial charge is 0.405 e. The SMILES string of the molecule is O=C(Cc1ccc(Cl)cc1)N1CC2(CN(Cc3ccccc3OC(F)(F)F)C2)C1. The number of amides is 1. The average molecular weight is 425 g/mol. The number of benzene rings is 2. The standard InChI is InChI=1S/C21H20ClF3N2O2/c22-17-7-5-15(6-8-17)9-19(28)27-13-20(14-27)11-26(12-20)10-16-3-1-2-4-18(16)29-21(23,24)25/h1-8H,9-14H2. The minimum absolute atomic E-state index is 0.0650. The van der Waals surface area contributed by atoms with Crippen molar-refractivity contribution in [2.24, 2.45) is 5.41 Å². The first-order chi connectivity index (χ1) is 13.7. The molecule has 29 heavy (non-hydrogen) atoms. The fourth-order valence-electron chi connectivity index (χ4n) is 4.14. The van der Waals surface area contributed by atoms with Gasteiger partial charge in [-0.15, -0.1) is 13.2 Å². The highest BCUT2D eigenvalue weighted by molar-refractivity contribution is 6.30. The van der Waals surface area contributed by atoms with Crippen LogP contribution in [0.15, 0.2) is 48.5 Å². The van der Waals surface area contributed by atoms with Crippen molar-refractivity contribution < 1.29 is 22.7 Å². The maximum atomic E-state index is 12.6. The Balaban J connectivity index is 1.26. The molecule has 1 amide bonds. The van der Waals surface area contributed by atoms with E-state index < -0.39 is 6.36 Å². The third kappa shape index (κ3) is 4.67. The van der Waals surface area contributed by atoms with Crippen LogP contribution in [0.3, 0.4) is 0 Å². The molecule has 0 aromatic heterocycles. The maximum Gasteiger partial charge on any atom is 0.573 e. The lowest BCUT2D eigenvalue weighted by molar-refractivity contribution is -0.275. The first kappa shape index (κ1) is 20.0. The monoisotopic (exact) mass is 424 g/mol. The summed E-state index contributed by atoms with van der Waals surface area (Å²) in [5, 5.41) is 0.640. The third-order valence-corrected chi connectivity index (χ3v) is 5.64. The van der Waals surface area contributed by atoms with Crippen LogP contribution in [-0.4, -0.2) is 48.2 Å². The number of para-hydroxylation sites is 1. The van der Waals surface area contributed by atoms with Crippen molar-refractivity contribution >= 4 is 17.5 Å². The third-order valence-electron chi connectivity index (χ3n) is 5.38. The lowest BCUT2D eigenvalue weighted by Crippen LogP contribution is -2.72. The largest absolute Gasteiger partial charge is 0.573 e. The van der Waals surface area contributed by atoms with E-state index in [9.17, 15) is 18.0 Å². The summed E-state index contributed by atoms with van der Waals surface area (Å²) in [5.41, 5.74) is 1.50. The van der Waals surface area contributed by atoms with Gasteiger partial charge in [-0.2, -0.15) is 0 Å². The van der Waals surface area contributed by atoms with Gasteiger partial charge < -0.3 is 9.64 Å². The van der Waals surface area contributed by atoms with Gasteiger partial charge in [-0.05, 0) is 23.8 Å². The Morgan fingerprint density at radius 3 is 2.34 bits per heavy atom. The quantitative estimate of drug-likeness (QED) is 0.723. The Hall–Kier alpha value is -2.25.